The zero-order chi connectivity index (χ0) is 9.26. The summed E-state index contributed by atoms with van der Waals surface area (Å²) in [5.41, 5.74) is 0.885. The molecule has 0 aromatic carbocycles. The van der Waals surface area contributed by atoms with Gasteiger partial charge in [0.1, 0.15) is 6.33 Å². The molecule has 0 amide bonds. The summed E-state index contributed by atoms with van der Waals surface area (Å²) in [5.74, 6) is 0.464. The van der Waals surface area contributed by atoms with Gasteiger partial charge in [0.05, 0.1) is 0 Å². The van der Waals surface area contributed by atoms with E-state index in [0.717, 1.165) is 24.8 Å². The van der Waals surface area contributed by atoms with E-state index < -0.39 is 0 Å². The normalized spacial score (nSPS) is 15.9. The molecule has 13 heavy (non-hydrogen) atoms. The van der Waals surface area contributed by atoms with Crippen LogP contribution in [0.3, 0.4) is 0 Å². The highest BCUT2D eigenvalue weighted by Crippen LogP contribution is 2.20. The number of hydrogen-bond donors (Lipinski definition) is 0. The first-order valence-electron chi connectivity index (χ1n) is 4.37. The number of hydrogen-bond acceptors (Lipinski definition) is 3. The van der Waals surface area contributed by atoms with Gasteiger partial charge in [0.2, 0.25) is 11.6 Å². The Balaban J connectivity index is 2.27. The molecule has 0 unspecified atom stereocenters. The highest BCUT2D eigenvalue weighted by Gasteiger charge is 2.18. The second-order valence-corrected chi connectivity index (χ2v) is 3.22. The van der Waals surface area contributed by atoms with Crippen molar-refractivity contribution in [2.75, 3.05) is 0 Å². The minimum absolute atomic E-state index is 0.0255. The number of nitrogens with zero attached hydrogens (tertiary/aromatic N) is 3. The third kappa shape index (κ3) is 1.39. The third-order valence-electron chi connectivity index (χ3n) is 2.25. The van der Waals surface area contributed by atoms with Crippen LogP contribution in [0.4, 0.5) is 0 Å². The highest BCUT2D eigenvalue weighted by atomic mass is 16.1. The second kappa shape index (κ2) is 3.12. The first kappa shape index (κ1) is 8.16. The highest BCUT2D eigenvalue weighted by molar-refractivity contribution is 6.06. The SMILES string of the molecule is Cn1cnnc1C(=O)C1=CCCC1. The number of carbonyl (C=O) groups excluding carboxylic acids is 1. The summed E-state index contributed by atoms with van der Waals surface area (Å²) < 4.78 is 1.65. The average molecular weight is 177 g/mol. The van der Waals surface area contributed by atoms with Crippen molar-refractivity contribution in [2.24, 2.45) is 7.05 Å². The average Bonchev–Trinajstić information content (AvgIpc) is 2.72. The summed E-state index contributed by atoms with van der Waals surface area (Å²) in [6, 6.07) is 0. The molecule has 0 fully saturated rings. The van der Waals surface area contributed by atoms with Crippen molar-refractivity contribution in [3.05, 3.63) is 23.8 Å². The molecule has 1 aromatic heterocycles. The number of allylic oxidation sites excluding steroid dienone is 2. The maximum absolute atomic E-state index is 11.7. The van der Waals surface area contributed by atoms with E-state index in [-0.39, 0.29) is 5.78 Å². The molecule has 1 aliphatic carbocycles. The van der Waals surface area contributed by atoms with Crippen LogP contribution in [0.1, 0.15) is 29.9 Å². The summed E-state index contributed by atoms with van der Waals surface area (Å²) in [6.45, 7) is 0. The minimum atomic E-state index is 0.0255. The van der Waals surface area contributed by atoms with Crippen molar-refractivity contribution in [3.63, 3.8) is 0 Å². The smallest absolute Gasteiger partial charge is 0.226 e. The maximum Gasteiger partial charge on any atom is 0.226 e. The van der Waals surface area contributed by atoms with Gasteiger partial charge in [-0.25, -0.2) is 0 Å². The van der Waals surface area contributed by atoms with Crippen molar-refractivity contribution in [1.82, 2.24) is 14.8 Å². The third-order valence-corrected chi connectivity index (χ3v) is 2.25. The molecule has 0 spiro atoms. The molecule has 0 saturated carbocycles. The van der Waals surface area contributed by atoms with Crippen LogP contribution in [-0.2, 0) is 7.05 Å². The van der Waals surface area contributed by atoms with Crippen molar-refractivity contribution >= 4 is 5.78 Å². The van der Waals surface area contributed by atoms with E-state index in [2.05, 4.69) is 10.2 Å². The molecule has 0 N–H and O–H groups in total. The van der Waals surface area contributed by atoms with Crippen LogP contribution < -0.4 is 0 Å². The van der Waals surface area contributed by atoms with Gasteiger partial charge < -0.3 is 4.57 Å². The molecule has 0 saturated heterocycles. The van der Waals surface area contributed by atoms with Gasteiger partial charge in [0.15, 0.2) is 0 Å². The molecule has 1 aromatic rings. The lowest BCUT2D eigenvalue weighted by atomic mass is 10.1. The fraction of sp³-hybridized carbons (Fsp3) is 0.444. The van der Waals surface area contributed by atoms with Crippen LogP contribution in [0.25, 0.3) is 0 Å². The molecule has 1 aliphatic rings. The van der Waals surface area contributed by atoms with Gasteiger partial charge >= 0.3 is 0 Å². The summed E-state index contributed by atoms with van der Waals surface area (Å²) in [5, 5.41) is 7.46. The fourth-order valence-electron chi connectivity index (χ4n) is 1.51. The fourth-order valence-corrected chi connectivity index (χ4v) is 1.51. The summed E-state index contributed by atoms with van der Waals surface area (Å²) in [7, 11) is 1.78. The molecule has 0 aliphatic heterocycles. The standard InChI is InChI=1S/C9H11N3O/c1-12-6-10-11-9(12)8(13)7-4-2-3-5-7/h4,6H,2-3,5H2,1H3. The monoisotopic (exact) mass is 177 g/mol. The number of aromatic nitrogens is 3. The lowest BCUT2D eigenvalue weighted by Crippen LogP contribution is -2.08. The Morgan fingerprint density at radius 3 is 3.00 bits per heavy atom. The molecule has 0 bridgehead atoms. The van der Waals surface area contributed by atoms with E-state index in [1.54, 1.807) is 17.9 Å². The van der Waals surface area contributed by atoms with Crippen LogP contribution in [-0.4, -0.2) is 20.5 Å². The summed E-state index contributed by atoms with van der Waals surface area (Å²) >= 11 is 0. The quantitative estimate of drug-likeness (QED) is 0.636. The van der Waals surface area contributed by atoms with E-state index in [9.17, 15) is 4.79 Å². The van der Waals surface area contributed by atoms with E-state index in [4.69, 9.17) is 0 Å². The van der Waals surface area contributed by atoms with Gasteiger partial charge in [-0.15, -0.1) is 10.2 Å². The van der Waals surface area contributed by atoms with Crippen molar-refractivity contribution < 1.29 is 4.79 Å². The molecule has 0 atom stereocenters. The van der Waals surface area contributed by atoms with Crippen LogP contribution in [0.2, 0.25) is 0 Å². The predicted molar refractivity (Wildman–Crippen MR) is 47.3 cm³/mol. The number of aryl methyl sites for hydroxylation is 1. The Morgan fingerprint density at radius 1 is 1.62 bits per heavy atom. The lowest BCUT2D eigenvalue weighted by Gasteiger charge is -1.99. The number of carbonyl (C=O) groups is 1. The van der Waals surface area contributed by atoms with E-state index in [1.165, 1.54) is 0 Å². The van der Waals surface area contributed by atoms with Crippen LogP contribution in [0.5, 0.6) is 0 Å². The Bertz CT molecular complexity index is 365. The van der Waals surface area contributed by atoms with Crippen LogP contribution in [0.15, 0.2) is 18.0 Å². The minimum Gasteiger partial charge on any atom is -0.314 e. The first-order valence-corrected chi connectivity index (χ1v) is 4.37. The molecule has 4 nitrogen and oxygen atoms in total. The largest absolute Gasteiger partial charge is 0.314 e. The summed E-state index contributed by atoms with van der Waals surface area (Å²) in [6.07, 6.45) is 6.52. The van der Waals surface area contributed by atoms with Gasteiger partial charge in [0.25, 0.3) is 0 Å². The van der Waals surface area contributed by atoms with Crippen molar-refractivity contribution in [3.8, 4) is 0 Å². The van der Waals surface area contributed by atoms with E-state index >= 15 is 0 Å². The zero-order valence-electron chi connectivity index (χ0n) is 7.53. The Labute approximate surface area is 76.3 Å². The first-order chi connectivity index (χ1) is 6.29. The van der Waals surface area contributed by atoms with Crippen molar-refractivity contribution in [1.29, 1.82) is 0 Å². The molecule has 68 valence electrons. The molecule has 1 heterocycles. The molecule has 4 heteroatoms. The number of ketones is 1. The van der Waals surface area contributed by atoms with Gasteiger partial charge in [-0.3, -0.25) is 4.79 Å². The Hall–Kier alpha value is -1.45. The van der Waals surface area contributed by atoms with Crippen molar-refractivity contribution in [2.45, 2.75) is 19.3 Å². The predicted octanol–water partition coefficient (Wildman–Crippen LogP) is 1.11. The van der Waals surface area contributed by atoms with E-state index in [1.807, 2.05) is 6.08 Å². The van der Waals surface area contributed by atoms with Gasteiger partial charge in [-0.1, -0.05) is 6.08 Å². The van der Waals surface area contributed by atoms with E-state index in [0.29, 0.717) is 5.82 Å². The number of Topliss-reactive ketones (excluding diaryl/α,β-unsaturated/α-hetero) is 1. The maximum atomic E-state index is 11.7. The van der Waals surface area contributed by atoms with Crippen LogP contribution >= 0.6 is 0 Å². The van der Waals surface area contributed by atoms with Gasteiger partial charge in [-0.2, -0.15) is 0 Å². The zero-order valence-corrected chi connectivity index (χ0v) is 7.53. The second-order valence-electron chi connectivity index (χ2n) is 3.22. The molecular formula is C9H11N3O. The molecule has 2 rings (SSSR count). The molecule has 0 radical (unpaired) electrons. The Kier molecular flexibility index (Phi) is 1.96. The Morgan fingerprint density at radius 2 is 2.46 bits per heavy atom. The molecular weight excluding hydrogens is 166 g/mol. The number of rotatable bonds is 2. The van der Waals surface area contributed by atoms with Crippen LogP contribution in [0, 0.1) is 0 Å². The lowest BCUT2D eigenvalue weighted by molar-refractivity contribution is 0.101. The summed E-state index contributed by atoms with van der Waals surface area (Å²) in [4.78, 5) is 11.7. The van der Waals surface area contributed by atoms with Gasteiger partial charge in [-0.05, 0) is 24.8 Å². The topological polar surface area (TPSA) is 47.8 Å². The van der Waals surface area contributed by atoms with Gasteiger partial charge in [0, 0.05) is 7.05 Å².